The summed E-state index contributed by atoms with van der Waals surface area (Å²) in [5, 5.41) is 0. The Balaban J connectivity index is 2.16. The number of rotatable bonds is 3. The summed E-state index contributed by atoms with van der Waals surface area (Å²) in [5.41, 5.74) is 0.625. The van der Waals surface area contributed by atoms with E-state index >= 15 is 0 Å². The topological polar surface area (TPSA) is 49.4 Å². The first-order valence-electron chi connectivity index (χ1n) is 6.04. The van der Waals surface area contributed by atoms with E-state index in [1.807, 2.05) is 25.1 Å². The molecule has 0 bridgehead atoms. The van der Waals surface area contributed by atoms with Gasteiger partial charge in [-0.3, -0.25) is 4.72 Å². The standard InChI is InChI=1S/C12H17IN2O2S/c1-10-5-2-3-8-15(10)18(16,17)14-12-7-4-6-11(13)9-12/h4,6-7,9-10,14H,2-3,5,8H2,1H3. The molecule has 1 unspecified atom stereocenters. The lowest BCUT2D eigenvalue weighted by Gasteiger charge is -2.32. The van der Waals surface area contributed by atoms with Gasteiger partial charge in [0.05, 0.1) is 5.69 Å². The maximum absolute atomic E-state index is 12.3. The molecule has 1 saturated heterocycles. The van der Waals surface area contributed by atoms with Crippen LogP contribution >= 0.6 is 22.6 Å². The van der Waals surface area contributed by atoms with Crippen LogP contribution in [0.15, 0.2) is 24.3 Å². The lowest BCUT2D eigenvalue weighted by Crippen LogP contribution is -2.44. The minimum absolute atomic E-state index is 0.0824. The van der Waals surface area contributed by atoms with Gasteiger partial charge in [-0.15, -0.1) is 0 Å². The van der Waals surface area contributed by atoms with Gasteiger partial charge in [0.25, 0.3) is 0 Å². The molecule has 1 heterocycles. The minimum atomic E-state index is -3.42. The van der Waals surface area contributed by atoms with Crippen molar-refractivity contribution in [3.8, 4) is 0 Å². The van der Waals surface area contributed by atoms with Crippen LogP contribution in [0.3, 0.4) is 0 Å². The Labute approximate surface area is 122 Å². The number of hydrogen-bond donors (Lipinski definition) is 1. The molecule has 6 heteroatoms. The Kier molecular flexibility index (Phi) is 4.50. The van der Waals surface area contributed by atoms with Gasteiger partial charge in [0.1, 0.15) is 0 Å². The Morgan fingerprint density at radius 1 is 1.39 bits per heavy atom. The van der Waals surface area contributed by atoms with Crippen molar-refractivity contribution in [2.45, 2.75) is 32.2 Å². The smallest absolute Gasteiger partial charge is 0.271 e. The number of benzene rings is 1. The van der Waals surface area contributed by atoms with Crippen LogP contribution in [-0.2, 0) is 10.2 Å². The fraction of sp³-hybridized carbons (Fsp3) is 0.500. The first-order valence-corrected chi connectivity index (χ1v) is 8.56. The Morgan fingerprint density at radius 3 is 2.83 bits per heavy atom. The van der Waals surface area contributed by atoms with Crippen molar-refractivity contribution in [2.75, 3.05) is 11.3 Å². The van der Waals surface area contributed by atoms with Crippen molar-refractivity contribution in [2.24, 2.45) is 0 Å². The molecular weight excluding hydrogens is 363 g/mol. The van der Waals surface area contributed by atoms with E-state index in [-0.39, 0.29) is 6.04 Å². The van der Waals surface area contributed by atoms with E-state index < -0.39 is 10.2 Å². The molecule has 1 fully saturated rings. The molecule has 1 N–H and O–H groups in total. The summed E-state index contributed by atoms with van der Waals surface area (Å²) in [6.07, 6.45) is 2.99. The van der Waals surface area contributed by atoms with Gasteiger partial charge in [-0.25, -0.2) is 0 Å². The average Bonchev–Trinajstić information content (AvgIpc) is 2.28. The lowest BCUT2D eigenvalue weighted by molar-refractivity contribution is 0.270. The van der Waals surface area contributed by atoms with Gasteiger partial charge in [-0.2, -0.15) is 12.7 Å². The van der Waals surface area contributed by atoms with Crippen LogP contribution in [0.1, 0.15) is 26.2 Å². The first-order chi connectivity index (χ1) is 8.49. The van der Waals surface area contributed by atoms with Crippen molar-refractivity contribution in [1.82, 2.24) is 4.31 Å². The predicted octanol–water partition coefficient (Wildman–Crippen LogP) is 2.82. The molecule has 0 aliphatic carbocycles. The summed E-state index contributed by atoms with van der Waals surface area (Å²) in [5.74, 6) is 0. The molecule has 1 aliphatic rings. The van der Waals surface area contributed by atoms with Crippen LogP contribution in [-0.4, -0.2) is 25.3 Å². The zero-order valence-electron chi connectivity index (χ0n) is 10.3. The predicted molar refractivity (Wildman–Crippen MR) is 81.7 cm³/mol. The van der Waals surface area contributed by atoms with Crippen molar-refractivity contribution in [3.63, 3.8) is 0 Å². The third kappa shape index (κ3) is 3.36. The van der Waals surface area contributed by atoms with E-state index in [4.69, 9.17) is 0 Å². The minimum Gasteiger partial charge on any atom is -0.271 e. The first kappa shape index (κ1) is 14.1. The van der Waals surface area contributed by atoms with Crippen molar-refractivity contribution >= 4 is 38.5 Å². The molecule has 2 rings (SSSR count). The second kappa shape index (κ2) is 5.75. The maximum atomic E-state index is 12.3. The van der Waals surface area contributed by atoms with E-state index in [1.165, 1.54) is 0 Å². The van der Waals surface area contributed by atoms with Crippen LogP contribution in [0.25, 0.3) is 0 Å². The molecule has 18 heavy (non-hydrogen) atoms. The van der Waals surface area contributed by atoms with Crippen LogP contribution in [0.5, 0.6) is 0 Å². The molecule has 1 aromatic rings. The van der Waals surface area contributed by atoms with E-state index in [0.717, 1.165) is 22.8 Å². The number of piperidine rings is 1. The fourth-order valence-electron chi connectivity index (χ4n) is 2.19. The van der Waals surface area contributed by atoms with Gasteiger partial charge in [-0.05, 0) is 60.6 Å². The average molecular weight is 380 g/mol. The second-order valence-electron chi connectivity index (χ2n) is 4.57. The molecule has 1 aliphatic heterocycles. The molecule has 100 valence electrons. The van der Waals surface area contributed by atoms with Gasteiger partial charge in [0.15, 0.2) is 0 Å². The van der Waals surface area contributed by atoms with Crippen molar-refractivity contribution in [1.29, 1.82) is 0 Å². The maximum Gasteiger partial charge on any atom is 0.301 e. The number of nitrogens with zero attached hydrogens (tertiary/aromatic N) is 1. The highest BCUT2D eigenvalue weighted by Gasteiger charge is 2.29. The van der Waals surface area contributed by atoms with Crippen LogP contribution < -0.4 is 4.72 Å². The summed E-state index contributed by atoms with van der Waals surface area (Å²) in [7, 11) is -3.42. The SMILES string of the molecule is CC1CCCCN1S(=O)(=O)Nc1cccc(I)c1. The number of nitrogens with one attached hydrogen (secondary N) is 1. The normalized spacial score (nSPS) is 21.8. The highest BCUT2D eigenvalue weighted by Crippen LogP contribution is 2.22. The summed E-state index contributed by atoms with van der Waals surface area (Å²) < 4.78 is 29.8. The van der Waals surface area contributed by atoms with Crippen LogP contribution in [0, 0.1) is 3.57 Å². The molecule has 0 amide bonds. The number of halogens is 1. The monoisotopic (exact) mass is 380 g/mol. The molecule has 4 nitrogen and oxygen atoms in total. The summed E-state index contributed by atoms with van der Waals surface area (Å²) in [6, 6.07) is 7.46. The Hall–Kier alpha value is -0.340. The summed E-state index contributed by atoms with van der Waals surface area (Å²) in [4.78, 5) is 0. The van der Waals surface area contributed by atoms with Gasteiger partial charge in [0.2, 0.25) is 0 Å². The number of hydrogen-bond acceptors (Lipinski definition) is 2. The number of anilines is 1. The molecule has 0 saturated carbocycles. The van der Waals surface area contributed by atoms with Crippen molar-refractivity contribution in [3.05, 3.63) is 27.8 Å². The zero-order valence-corrected chi connectivity index (χ0v) is 13.2. The molecule has 1 aromatic carbocycles. The van der Waals surface area contributed by atoms with Crippen LogP contribution in [0.2, 0.25) is 0 Å². The molecule has 1 atom stereocenters. The van der Waals surface area contributed by atoms with E-state index in [2.05, 4.69) is 27.3 Å². The van der Waals surface area contributed by atoms with Gasteiger partial charge >= 0.3 is 10.2 Å². The summed E-state index contributed by atoms with van der Waals surface area (Å²) in [6.45, 7) is 2.58. The van der Waals surface area contributed by atoms with Gasteiger partial charge in [-0.1, -0.05) is 12.5 Å². The lowest BCUT2D eigenvalue weighted by atomic mass is 10.1. The van der Waals surface area contributed by atoms with Crippen LogP contribution in [0.4, 0.5) is 5.69 Å². The van der Waals surface area contributed by atoms with E-state index in [0.29, 0.717) is 12.2 Å². The van der Waals surface area contributed by atoms with Gasteiger partial charge in [0, 0.05) is 16.2 Å². The largest absolute Gasteiger partial charge is 0.301 e. The highest BCUT2D eigenvalue weighted by molar-refractivity contribution is 14.1. The molecule has 0 radical (unpaired) electrons. The van der Waals surface area contributed by atoms with Crippen molar-refractivity contribution < 1.29 is 8.42 Å². The second-order valence-corrected chi connectivity index (χ2v) is 7.44. The molecular formula is C12H17IN2O2S. The quantitative estimate of drug-likeness (QED) is 0.820. The summed E-state index contributed by atoms with van der Waals surface area (Å²) >= 11 is 2.17. The van der Waals surface area contributed by atoms with Gasteiger partial charge < -0.3 is 0 Å². The fourth-order valence-corrected chi connectivity index (χ4v) is 4.22. The third-order valence-corrected chi connectivity index (χ3v) is 5.45. The Bertz CT molecular complexity index is 519. The molecule has 0 aromatic heterocycles. The highest BCUT2D eigenvalue weighted by atomic mass is 127. The molecule has 0 spiro atoms. The van der Waals surface area contributed by atoms with E-state index in [1.54, 1.807) is 10.4 Å². The third-order valence-electron chi connectivity index (χ3n) is 3.12. The van der Waals surface area contributed by atoms with E-state index in [9.17, 15) is 8.42 Å². The Morgan fingerprint density at radius 2 is 2.17 bits per heavy atom. The zero-order chi connectivity index (χ0) is 13.2.